The van der Waals surface area contributed by atoms with Crippen molar-refractivity contribution < 1.29 is 0 Å². The number of aromatic nitrogens is 5. The second-order valence-electron chi connectivity index (χ2n) is 5.19. The Balaban J connectivity index is 2.15. The smallest absolute Gasteiger partial charge is 0.138 e. The minimum Gasteiger partial charge on any atom is -0.308 e. The summed E-state index contributed by atoms with van der Waals surface area (Å²) in [6, 6.07) is 0.123. The largest absolute Gasteiger partial charge is 0.308 e. The summed E-state index contributed by atoms with van der Waals surface area (Å²) in [6.07, 6.45) is 8.20. The van der Waals surface area contributed by atoms with E-state index in [-0.39, 0.29) is 6.04 Å². The van der Waals surface area contributed by atoms with E-state index in [1.54, 1.807) is 6.33 Å². The molecular formula is C15H24N6. The molecule has 2 aromatic rings. The molecule has 2 rings (SSSR count). The van der Waals surface area contributed by atoms with Crippen molar-refractivity contribution in [1.29, 1.82) is 0 Å². The third kappa shape index (κ3) is 4.32. The first-order chi connectivity index (χ1) is 10.2. The van der Waals surface area contributed by atoms with Gasteiger partial charge in [-0.25, -0.2) is 4.98 Å². The van der Waals surface area contributed by atoms with Gasteiger partial charge in [-0.15, -0.1) is 0 Å². The van der Waals surface area contributed by atoms with E-state index in [4.69, 9.17) is 0 Å². The van der Waals surface area contributed by atoms with Gasteiger partial charge in [0.15, 0.2) is 0 Å². The Labute approximate surface area is 126 Å². The van der Waals surface area contributed by atoms with E-state index in [1.807, 2.05) is 24.0 Å². The normalized spacial score (nSPS) is 12.5. The fourth-order valence-electron chi connectivity index (χ4n) is 2.21. The van der Waals surface area contributed by atoms with Gasteiger partial charge in [0, 0.05) is 19.2 Å². The molecule has 0 saturated carbocycles. The molecule has 1 unspecified atom stereocenters. The number of rotatable bonds is 8. The van der Waals surface area contributed by atoms with Crippen molar-refractivity contribution in [3.05, 3.63) is 35.9 Å². The topological polar surface area (TPSA) is 68.5 Å². The van der Waals surface area contributed by atoms with Gasteiger partial charge < -0.3 is 5.32 Å². The maximum absolute atomic E-state index is 4.51. The summed E-state index contributed by atoms with van der Waals surface area (Å²) < 4.78 is 1.97. The number of nitrogens with zero attached hydrogens (tertiary/aromatic N) is 5. The third-order valence-electron chi connectivity index (χ3n) is 3.32. The van der Waals surface area contributed by atoms with Crippen LogP contribution in [0, 0.1) is 6.92 Å². The fourth-order valence-corrected chi connectivity index (χ4v) is 2.21. The van der Waals surface area contributed by atoms with Gasteiger partial charge in [0.25, 0.3) is 0 Å². The van der Waals surface area contributed by atoms with Crippen LogP contribution in [0.3, 0.4) is 0 Å². The molecule has 1 atom stereocenters. The lowest BCUT2D eigenvalue weighted by Gasteiger charge is -2.17. The molecule has 2 aromatic heterocycles. The van der Waals surface area contributed by atoms with E-state index in [9.17, 15) is 0 Å². The van der Waals surface area contributed by atoms with Gasteiger partial charge in [0.1, 0.15) is 12.2 Å². The van der Waals surface area contributed by atoms with Gasteiger partial charge >= 0.3 is 0 Å². The highest BCUT2D eigenvalue weighted by molar-refractivity contribution is 5.08. The van der Waals surface area contributed by atoms with E-state index < -0.39 is 0 Å². The van der Waals surface area contributed by atoms with Crippen LogP contribution in [0.15, 0.2) is 18.7 Å². The van der Waals surface area contributed by atoms with Crippen molar-refractivity contribution in [2.45, 2.75) is 52.6 Å². The maximum atomic E-state index is 4.51. The van der Waals surface area contributed by atoms with E-state index >= 15 is 0 Å². The molecule has 6 heteroatoms. The zero-order valence-corrected chi connectivity index (χ0v) is 13.1. The fraction of sp³-hybridized carbons (Fsp3) is 0.600. The number of hydrogen-bond acceptors (Lipinski definition) is 5. The molecule has 0 aliphatic rings. The summed E-state index contributed by atoms with van der Waals surface area (Å²) in [5, 5.41) is 7.82. The Bertz CT molecular complexity index is 533. The van der Waals surface area contributed by atoms with Crippen LogP contribution in [-0.4, -0.2) is 31.3 Å². The molecule has 0 bridgehead atoms. The van der Waals surface area contributed by atoms with Gasteiger partial charge in [0.2, 0.25) is 0 Å². The summed E-state index contributed by atoms with van der Waals surface area (Å²) >= 11 is 0. The summed E-state index contributed by atoms with van der Waals surface area (Å²) in [5.74, 6) is 0.993. The predicted octanol–water partition coefficient (Wildman–Crippen LogP) is 2.07. The van der Waals surface area contributed by atoms with Crippen molar-refractivity contribution in [2.24, 2.45) is 0 Å². The molecule has 0 aliphatic carbocycles. The van der Waals surface area contributed by atoms with Crippen LogP contribution in [-0.2, 0) is 13.0 Å². The van der Waals surface area contributed by atoms with E-state index in [0.717, 1.165) is 49.6 Å². The zero-order valence-electron chi connectivity index (χ0n) is 13.1. The van der Waals surface area contributed by atoms with Crippen LogP contribution < -0.4 is 5.32 Å². The summed E-state index contributed by atoms with van der Waals surface area (Å²) in [5.41, 5.74) is 1.89. The first-order valence-electron chi connectivity index (χ1n) is 7.63. The summed E-state index contributed by atoms with van der Waals surface area (Å²) in [7, 11) is 0. The molecule has 1 N–H and O–H groups in total. The minimum atomic E-state index is 0.123. The molecule has 21 heavy (non-hydrogen) atoms. The van der Waals surface area contributed by atoms with Crippen LogP contribution in [0.2, 0.25) is 0 Å². The van der Waals surface area contributed by atoms with Crippen LogP contribution in [0.25, 0.3) is 0 Å². The van der Waals surface area contributed by atoms with Crippen molar-refractivity contribution in [3.63, 3.8) is 0 Å². The third-order valence-corrected chi connectivity index (χ3v) is 3.32. The van der Waals surface area contributed by atoms with Crippen molar-refractivity contribution in [2.75, 3.05) is 6.54 Å². The van der Waals surface area contributed by atoms with Gasteiger partial charge in [-0.3, -0.25) is 14.6 Å². The lowest BCUT2D eigenvalue weighted by atomic mass is 10.1. The van der Waals surface area contributed by atoms with Gasteiger partial charge in [-0.05, 0) is 26.3 Å². The van der Waals surface area contributed by atoms with E-state index in [2.05, 4.69) is 39.2 Å². The van der Waals surface area contributed by atoms with Gasteiger partial charge in [0.05, 0.1) is 23.6 Å². The number of hydrogen-bond donors (Lipinski definition) is 1. The van der Waals surface area contributed by atoms with Crippen molar-refractivity contribution in [3.8, 4) is 0 Å². The molecule has 2 heterocycles. The Hall–Kier alpha value is -1.82. The average Bonchev–Trinajstić information content (AvgIpc) is 2.92. The molecule has 0 amide bonds. The average molecular weight is 288 g/mol. The standard InChI is InChI=1S/C15H24N6/c1-4-6-16-13(14-10-17-12(3)9-18-14)8-15-19-11-20-21(15)7-5-2/h9-11,13,16H,4-8H2,1-3H3. The number of nitrogens with one attached hydrogen (secondary N) is 1. The Morgan fingerprint density at radius 2 is 2.00 bits per heavy atom. The van der Waals surface area contributed by atoms with Crippen LogP contribution in [0.1, 0.15) is 49.9 Å². The maximum Gasteiger partial charge on any atom is 0.138 e. The Morgan fingerprint density at radius 3 is 2.67 bits per heavy atom. The quantitative estimate of drug-likeness (QED) is 0.805. The summed E-state index contributed by atoms with van der Waals surface area (Å²) in [6.45, 7) is 8.09. The second-order valence-corrected chi connectivity index (χ2v) is 5.19. The molecule has 0 aromatic carbocycles. The number of aryl methyl sites for hydroxylation is 2. The second kappa shape index (κ2) is 7.83. The van der Waals surface area contributed by atoms with Gasteiger partial charge in [-0.2, -0.15) is 5.10 Å². The highest BCUT2D eigenvalue weighted by Gasteiger charge is 2.16. The van der Waals surface area contributed by atoms with E-state index in [1.165, 1.54) is 0 Å². The monoisotopic (exact) mass is 288 g/mol. The Morgan fingerprint density at radius 1 is 1.14 bits per heavy atom. The van der Waals surface area contributed by atoms with E-state index in [0.29, 0.717) is 0 Å². The predicted molar refractivity (Wildman–Crippen MR) is 81.8 cm³/mol. The molecule has 0 fully saturated rings. The Kier molecular flexibility index (Phi) is 5.80. The molecule has 114 valence electrons. The molecular weight excluding hydrogens is 264 g/mol. The van der Waals surface area contributed by atoms with Crippen LogP contribution >= 0.6 is 0 Å². The lowest BCUT2D eigenvalue weighted by Crippen LogP contribution is -2.26. The molecule has 0 radical (unpaired) electrons. The van der Waals surface area contributed by atoms with Crippen LogP contribution in [0.5, 0.6) is 0 Å². The molecule has 0 aliphatic heterocycles. The lowest BCUT2D eigenvalue weighted by molar-refractivity contribution is 0.479. The summed E-state index contributed by atoms with van der Waals surface area (Å²) in [4.78, 5) is 13.2. The minimum absolute atomic E-state index is 0.123. The first-order valence-corrected chi connectivity index (χ1v) is 7.63. The SMILES string of the molecule is CCCNC(Cc1ncnn1CCC)c1cnc(C)cn1. The highest BCUT2D eigenvalue weighted by Crippen LogP contribution is 2.15. The van der Waals surface area contributed by atoms with Gasteiger partial charge in [-0.1, -0.05) is 13.8 Å². The molecule has 0 saturated heterocycles. The van der Waals surface area contributed by atoms with Crippen molar-refractivity contribution >= 4 is 0 Å². The molecule has 0 spiro atoms. The molecule has 6 nitrogen and oxygen atoms in total. The van der Waals surface area contributed by atoms with Crippen molar-refractivity contribution in [1.82, 2.24) is 30.0 Å². The first kappa shape index (κ1) is 15.6. The zero-order chi connectivity index (χ0) is 15.1. The van der Waals surface area contributed by atoms with Crippen LogP contribution in [0.4, 0.5) is 0 Å². The highest BCUT2D eigenvalue weighted by atomic mass is 15.3.